The first-order valence-corrected chi connectivity index (χ1v) is 6.30. The maximum Gasteiger partial charge on any atom is 0.267 e. The van der Waals surface area contributed by atoms with Crippen molar-refractivity contribution in [3.05, 3.63) is 23.8 Å². The van der Waals surface area contributed by atoms with E-state index in [1.807, 2.05) is 0 Å². The topological polar surface area (TPSA) is 78.4 Å². The van der Waals surface area contributed by atoms with E-state index in [1.54, 1.807) is 13.3 Å². The highest BCUT2D eigenvalue weighted by molar-refractivity contribution is 7.86. The molecule has 16 heavy (non-hydrogen) atoms. The number of hydrogen-bond donors (Lipinski definition) is 0. The van der Waals surface area contributed by atoms with Gasteiger partial charge in [-0.1, -0.05) is 0 Å². The van der Waals surface area contributed by atoms with Gasteiger partial charge < -0.3 is 4.74 Å². The summed E-state index contributed by atoms with van der Waals surface area (Å²) in [4.78, 5) is 7.79. The fourth-order valence-electron chi connectivity index (χ4n) is 1.02. The van der Waals surface area contributed by atoms with Crippen molar-refractivity contribution < 1.29 is 17.3 Å². The van der Waals surface area contributed by atoms with Crippen molar-refractivity contribution in [2.24, 2.45) is 0 Å². The summed E-state index contributed by atoms with van der Waals surface area (Å²) in [5, 5.41) is 0. The van der Waals surface area contributed by atoms with Crippen molar-refractivity contribution in [2.75, 3.05) is 12.9 Å². The molecule has 0 N–H and O–H groups in total. The molecule has 0 amide bonds. The molecule has 0 radical (unpaired) electrons. The second-order valence-corrected chi connectivity index (χ2v) is 4.96. The number of methoxy groups -OCH3 is 1. The lowest BCUT2D eigenvalue weighted by atomic mass is 10.2. The zero-order valence-electron chi connectivity index (χ0n) is 9.21. The van der Waals surface area contributed by atoms with Gasteiger partial charge in [0.25, 0.3) is 10.1 Å². The number of aromatic nitrogens is 2. The first kappa shape index (κ1) is 13.0. The Kier molecular flexibility index (Phi) is 4.78. The monoisotopic (exact) mass is 246 g/mol. The zero-order valence-corrected chi connectivity index (χ0v) is 10.0. The third-order valence-corrected chi connectivity index (χ3v) is 3.09. The van der Waals surface area contributed by atoms with Gasteiger partial charge in [-0.2, -0.15) is 8.42 Å². The summed E-state index contributed by atoms with van der Waals surface area (Å²) in [7, 11) is -1.91. The van der Waals surface area contributed by atoms with Gasteiger partial charge in [-0.15, -0.1) is 0 Å². The molecule has 0 saturated heterocycles. The molecular formula is C9H14N2O4S. The van der Waals surface area contributed by atoms with Crippen LogP contribution in [0.2, 0.25) is 0 Å². The molecule has 90 valence electrons. The van der Waals surface area contributed by atoms with Crippen LogP contribution in [0.3, 0.4) is 0 Å². The summed E-state index contributed by atoms with van der Waals surface area (Å²) < 4.78 is 32.0. The number of ether oxygens (including phenoxy) is 1. The molecule has 1 heterocycles. The second-order valence-electron chi connectivity index (χ2n) is 3.04. The first-order chi connectivity index (χ1) is 7.59. The average molecular weight is 246 g/mol. The summed E-state index contributed by atoms with van der Waals surface area (Å²) in [6.07, 6.45) is 2.92. The Hall–Kier alpha value is -1.05. The molecule has 0 atom stereocenters. The Labute approximate surface area is 94.8 Å². The minimum absolute atomic E-state index is 0.0578. The van der Waals surface area contributed by atoms with Crippen molar-refractivity contribution in [2.45, 2.75) is 20.1 Å². The van der Waals surface area contributed by atoms with E-state index in [0.29, 0.717) is 12.3 Å². The lowest BCUT2D eigenvalue weighted by Gasteiger charge is -2.07. The van der Waals surface area contributed by atoms with E-state index in [0.717, 1.165) is 5.56 Å². The molecule has 0 saturated carbocycles. The predicted octanol–water partition coefficient (Wildman–Crippen LogP) is 0.489. The van der Waals surface area contributed by atoms with E-state index in [9.17, 15) is 8.42 Å². The molecule has 0 spiro atoms. The highest BCUT2D eigenvalue weighted by atomic mass is 32.2. The molecule has 6 nitrogen and oxygen atoms in total. The molecule has 1 aromatic heterocycles. The Balaban J connectivity index is 2.73. The van der Waals surface area contributed by atoms with Crippen LogP contribution < -0.4 is 0 Å². The van der Waals surface area contributed by atoms with E-state index in [2.05, 4.69) is 9.97 Å². The van der Waals surface area contributed by atoms with Gasteiger partial charge in [0, 0.05) is 18.9 Å². The number of rotatable bonds is 6. The van der Waals surface area contributed by atoms with Crippen LogP contribution in [0.4, 0.5) is 0 Å². The maximum absolute atomic E-state index is 11.1. The summed E-state index contributed by atoms with van der Waals surface area (Å²) in [6.45, 7) is 1.76. The molecule has 7 heteroatoms. The standard InChI is InChI=1S/C9H14N2O4S/c1-3-16(12,13)15-6-9-8(5-14-2)4-10-7-11-9/h4,7H,3,5-6H2,1-2H3. The van der Waals surface area contributed by atoms with Crippen LogP contribution in [0.25, 0.3) is 0 Å². The molecule has 0 unspecified atom stereocenters. The summed E-state index contributed by atoms with van der Waals surface area (Å²) in [5.74, 6) is -0.0578. The summed E-state index contributed by atoms with van der Waals surface area (Å²) in [5.41, 5.74) is 1.24. The van der Waals surface area contributed by atoms with Gasteiger partial charge >= 0.3 is 0 Å². The highest BCUT2D eigenvalue weighted by Crippen LogP contribution is 2.08. The van der Waals surface area contributed by atoms with Crippen molar-refractivity contribution in [3.8, 4) is 0 Å². The van der Waals surface area contributed by atoms with Gasteiger partial charge in [-0.05, 0) is 6.92 Å². The van der Waals surface area contributed by atoms with E-state index in [4.69, 9.17) is 8.92 Å². The quantitative estimate of drug-likeness (QED) is 0.680. The van der Waals surface area contributed by atoms with E-state index in [1.165, 1.54) is 13.3 Å². The van der Waals surface area contributed by atoms with Gasteiger partial charge in [-0.25, -0.2) is 9.97 Å². The molecule has 0 aliphatic heterocycles. The molecule has 0 fully saturated rings. The Bertz CT molecular complexity index is 433. The molecular weight excluding hydrogens is 232 g/mol. The Morgan fingerprint density at radius 1 is 1.38 bits per heavy atom. The normalized spacial score (nSPS) is 11.6. The number of hydrogen-bond acceptors (Lipinski definition) is 6. The minimum atomic E-state index is -3.45. The van der Waals surface area contributed by atoms with Crippen LogP contribution in [0.1, 0.15) is 18.2 Å². The van der Waals surface area contributed by atoms with Gasteiger partial charge in [0.2, 0.25) is 0 Å². The fraction of sp³-hybridized carbons (Fsp3) is 0.556. The molecule has 0 aliphatic rings. The predicted molar refractivity (Wildman–Crippen MR) is 57.0 cm³/mol. The van der Waals surface area contributed by atoms with Crippen LogP contribution in [0.15, 0.2) is 12.5 Å². The third-order valence-electron chi connectivity index (χ3n) is 1.91. The minimum Gasteiger partial charge on any atom is -0.380 e. The lowest BCUT2D eigenvalue weighted by Crippen LogP contribution is -2.10. The first-order valence-electron chi connectivity index (χ1n) is 4.73. The van der Waals surface area contributed by atoms with Crippen LogP contribution in [-0.4, -0.2) is 31.2 Å². The molecule has 1 aromatic rings. The van der Waals surface area contributed by atoms with Gasteiger partial charge in [0.15, 0.2) is 0 Å². The molecule has 0 aliphatic carbocycles. The van der Waals surface area contributed by atoms with Crippen LogP contribution >= 0.6 is 0 Å². The van der Waals surface area contributed by atoms with E-state index < -0.39 is 10.1 Å². The Morgan fingerprint density at radius 3 is 2.75 bits per heavy atom. The molecule has 0 aromatic carbocycles. The van der Waals surface area contributed by atoms with Crippen molar-refractivity contribution in [3.63, 3.8) is 0 Å². The van der Waals surface area contributed by atoms with E-state index in [-0.39, 0.29) is 12.4 Å². The third kappa shape index (κ3) is 3.84. The average Bonchev–Trinajstić information content (AvgIpc) is 2.28. The van der Waals surface area contributed by atoms with Crippen LogP contribution in [-0.2, 0) is 32.3 Å². The zero-order chi connectivity index (χ0) is 12.0. The summed E-state index contributed by atoms with van der Waals surface area (Å²) >= 11 is 0. The SMILES string of the molecule is CCS(=O)(=O)OCc1ncncc1COC. The fourth-order valence-corrected chi connectivity index (χ4v) is 1.48. The second kappa shape index (κ2) is 5.88. The Morgan fingerprint density at radius 2 is 2.12 bits per heavy atom. The highest BCUT2D eigenvalue weighted by Gasteiger charge is 2.11. The van der Waals surface area contributed by atoms with Crippen molar-refractivity contribution >= 4 is 10.1 Å². The van der Waals surface area contributed by atoms with Gasteiger partial charge in [-0.3, -0.25) is 4.18 Å². The lowest BCUT2D eigenvalue weighted by molar-refractivity contribution is 0.181. The largest absolute Gasteiger partial charge is 0.380 e. The molecule has 1 rings (SSSR count). The number of nitrogens with zero attached hydrogens (tertiary/aromatic N) is 2. The maximum atomic E-state index is 11.1. The van der Waals surface area contributed by atoms with Gasteiger partial charge in [0.1, 0.15) is 12.9 Å². The van der Waals surface area contributed by atoms with Crippen LogP contribution in [0, 0.1) is 0 Å². The summed E-state index contributed by atoms with van der Waals surface area (Å²) in [6, 6.07) is 0. The smallest absolute Gasteiger partial charge is 0.267 e. The van der Waals surface area contributed by atoms with Gasteiger partial charge in [0.05, 0.1) is 18.1 Å². The van der Waals surface area contributed by atoms with Crippen molar-refractivity contribution in [1.82, 2.24) is 9.97 Å². The van der Waals surface area contributed by atoms with Crippen molar-refractivity contribution in [1.29, 1.82) is 0 Å². The molecule has 0 bridgehead atoms. The van der Waals surface area contributed by atoms with Crippen LogP contribution in [0.5, 0.6) is 0 Å². The van der Waals surface area contributed by atoms with E-state index >= 15 is 0 Å².